The van der Waals surface area contributed by atoms with Crippen molar-refractivity contribution in [3.63, 3.8) is 0 Å². The lowest BCUT2D eigenvalue weighted by molar-refractivity contribution is -0.163. The first-order valence-corrected chi connectivity index (χ1v) is 30.8. The van der Waals surface area contributed by atoms with Gasteiger partial charge in [0.25, 0.3) is 11.8 Å². The Bertz CT molecular complexity index is 3510. The maximum Gasteiger partial charge on any atom is 0.329 e. The number of nitrogens with two attached hydrogens (primary N) is 1. The van der Waals surface area contributed by atoms with Gasteiger partial charge < -0.3 is 80.5 Å². The van der Waals surface area contributed by atoms with Crippen LogP contribution in [0.25, 0.3) is 22.6 Å². The molecule has 1 aromatic rings. The van der Waals surface area contributed by atoms with Crippen molar-refractivity contribution in [2.24, 2.45) is 17.8 Å². The zero-order valence-corrected chi connectivity index (χ0v) is 54.9. The van der Waals surface area contributed by atoms with Crippen LogP contribution in [0, 0.1) is 31.6 Å². The molecule has 30 nitrogen and oxygen atoms in total. The van der Waals surface area contributed by atoms with Crippen molar-refractivity contribution in [3.05, 3.63) is 44.6 Å². The number of amides is 10. The predicted molar refractivity (Wildman–Crippen MR) is 329 cm³/mol. The standard InChI is InChI=1S/C61H83ClN12O18/c1-24(2)41-57(85)73-21-32(75)19-34(73)56(84)69(12)22-37(77)71(14)30(10)60(88)91-36(20-62)45(55(83)65-41)68-53(81)39-40(63)49(79)29(9)51-46(39)64-44-33(17-16-27(7)50(44)92-51)52(80)67-43-31(11)90-61(89)47(26(5)6)72(15)38(78)23-70(13)59(87)48-35(76)18-28(8)74(48)58(86)42(25(3)4)66-54(43)82/h16-17,24-26,28,30-32,34-36,41-43,45,47-48,75-76H,18-23,63H2,1-15H3,(H,65,83)(H,66,82)(H,67,80)(H,68,81)/t28-,30-,31+,32+,34-,35-,36+,41+,42+,43-,45-,47-,48-/m0/s1. The number of benzene rings is 2. The summed E-state index contributed by atoms with van der Waals surface area (Å²) in [5.74, 6) is -14.5. The monoisotopic (exact) mass is 1310 g/mol. The van der Waals surface area contributed by atoms with E-state index in [0.29, 0.717) is 5.56 Å². The number of esters is 2. The molecule has 1 aliphatic carbocycles. The van der Waals surface area contributed by atoms with Gasteiger partial charge in [-0.15, -0.1) is 11.6 Å². The Morgan fingerprint density at radius 3 is 1.88 bits per heavy atom. The van der Waals surface area contributed by atoms with E-state index in [-0.39, 0.29) is 47.4 Å². The fraction of sp³-hybridized carbons (Fsp3) is 0.607. The average molecular weight is 1310 g/mol. The molecule has 0 unspecified atom stereocenters. The summed E-state index contributed by atoms with van der Waals surface area (Å²) in [4.78, 5) is 198. The highest BCUT2D eigenvalue weighted by molar-refractivity contribution is 6.19. The molecule has 92 heavy (non-hydrogen) atoms. The number of anilines is 1. The molecule has 8 N–H and O–H groups in total. The van der Waals surface area contributed by atoms with Gasteiger partial charge in [-0.05, 0) is 70.4 Å². The molecule has 1 aromatic carbocycles. The van der Waals surface area contributed by atoms with Crippen molar-refractivity contribution >= 4 is 99.4 Å². The van der Waals surface area contributed by atoms with E-state index in [1.165, 1.54) is 66.0 Å². The minimum absolute atomic E-state index is 0.0305. The molecule has 0 saturated carbocycles. The Labute approximate surface area is 535 Å². The van der Waals surface area contributed by atoms with Crippen molar-refractivity contribution in [1.82, 2.24) is 55.7 Å². The predicted octanol–water partition coefficient (Wildman–Crippen LogP) is -1.36. The van der Waals surface area contributed by atoms with Crippen LogP contribution in [0.1, 0.15) is 107 Å². The molecule has 13 atom stereocenters. The Balaban J connectivity index is 1.33. The van der Waals surface area contributed by atoms with E-state index in [1.54, 1.807) is 55.4 Å². The van der Waals surface area contributed by atoms with Crippen molar-refractivity contribution < 1.29 is 81.6 Å². The summed E-state index contributed by atoms with van der Waals surface area (Å²) in [5.41, 5.74) is 2.97. The number of aryl methyl sites for hydroxylation is 1. The van der Waals surface area contributed by atoms with Crippen LogP contribution in [0.3, 0.4) is 0 Å². The smallest absolute Gasteiger partial charge is 0.329 e. The van der Waals surface area contributed by atoms with Gasteiger partial charge in [0, 0.05) is 52.8 Å². The van der Waals surface area contributed by atoms with Gasteiger partial charge >= 0.3 is 11.9 Å². The number of cyclic esters (lactones) is 2. The summed E-state index contributed by atoms with van der Waals surface area (Å²) in [6, 6.07) is -10.3. The van der Waals surface area contributed by atoms with E-state index < -0.39 is 209 Å². The van der Waals surface area contributed by atoms with E-state index in [9.17, 15) is 63.0 Å². The third-order valence-corrected chi connectivity index (χ3v) is 17.9. The molecular weight excluding hydrogens is 1220 g/mol. The van der Waals surface area contributed by atoms with Crippen LogP contribution >= 0.6 is 11.6 Å². The van der Waals surface area contributed by atoms with Crippen molar-refractivity contribution in [2.75, 3.05) is 59.4 Å². The molecule has 7 rings (SSSR count). The van der Waals surface area contributed by atoms with E-state index in [2.05, 4.69) is 21.3 Å². The fourth-order valence-electron chi connectivity index (χ4n) is 12.0. The van der Waals surface area contributed by atoms with Gasteiger partial charge in [-0.25, -0.2) is 14.6 Å². The number of hydrogen-bond acceptors (Lipinski definition) is 20. The Morgan fingerprint density at radius 1 is 0.728 bits per heavy atom. The summed E-state index contributed by atoms with van der Waals surface area (Å²) in [6.45, 7) is 15.2. The number of fused-ring (bicyclic) bond motifs is 4. The van der Waals surface area contributed by atoms with Gasteiger partial charge in [0.05, 0.1) is 48.0 Å². The first-order chi connectivity index (χ1) is 42.9. The van der Waals surface area contributed by atoms with Crippen molar-refractivity contribution in [1.29, 1.82) is 0 Å². The number of carbonyl (C=O) groups is 12. The zero-order valence-electron chi connectivity index (χ0n) is 54.1. The third-order valence-electron chi connectivity index (χ3n) is 17.6. The summed E-state index contributed by atoms with van der Waals surface area (Å²) in [7, 11) is 5.20. The number of nitrogens with one attached hydrogen (secondary N) is 4. The highest BCUT2D eigenvalue weighted by Crippen LogP contribution is 2.36. The number of rotatable bonds is 8. The van der Waals surface area contributed by atoms with Gasteiger partial charge in [-0.1, -0.05) is 47.6 Å². The minimum atomic E-state index is -2.06. The molecule has 0 spiro atoms. The maximum absolute atomic E-state index is 15.2. The number of nitrogens with zero attached hydrogens (tertiary/aromatic N) is 7. The molecule has 0 aromatic heterocycles. The highest BCUT2D eigenvalue weighted by atomic mass is 35.5. The second-order valence-electron chi connectivity index (χ2n) is 25.4. The third kappa shape index (κ3) is 14.0. The van der Waals surface area contributed by atoms with Gasteiger partial charge in [-0.2, -0.15) is 0 Å². The fourth-order valence-corrected chi connectivity index (χ4v) is 12.3. The highest BCUT2D eigenvalue weighted by Gasteiger charge is 2.51. The minimum Gasteiger partial charge on any atom is -0.458 e. The second-order valence-corrected chi connectivity index (χ2v) is 25.7. The van der Waals surface area contributed by atoms with Gasteiger partial charge in [0.15, 0.2) is 11.3 Å². The zero-order chi connectivity index (χ0) is 68.7. The van der Waals surface area contributed by atoms with Crippen molar-refractivity contribution in [3.8, 4) is 11.5 Å². The number of halogens is 1. The summed E-state index contributed by atoms with van der Waals surface area (Å²) >= 11 is 6.48. The number of aromatic nitrogens is 1. The molecule has 5 heterocycles. The van der Waals surface area contributed by atoms with Crippen LogP contribution in [0.4, 0.5) is 5.69 Å². The molecule has 0 radical (unpaired) electrons. The summed E-state index contributed by atoms with van der Waals surface area (Å²) in [5, 5.41) is 32.4. The number of aliphatic hydroxyl groups excluding tert-OH is 2. The molecule has 5 aliphatic heterocycles. The van der Waals surface area contributed by atoms with Gasteiger partial charge in [0.1, 0.15) is 71.8 Å². The number of carbonyl (C=O) groups excluding carboxylic acids is 12. The van der Waals surface area contributed by atoms with Crippen molar-refractivity contribution in [2.45, 2.75) is 168 Å². The molecule has 10 amide bonds. The SMILES string of the molecule is Cc1c2oc3c(C)ccc(C(=O)N[C@@H]4C(=O)N[C@H](C(C)C)C(=O)N5[C@H](C(=O)N(C)CC(=O)N(C)[C@@H](C(C)C)C(=O)O[C@@H]4C)[C@@H](O)C[C@@H]5C)c3nc-2c(C(=O)N[C@@H]2C(=O)N[C@H](C(C)C)C(=O)N3C[C@H](O)C[C@H]3C(=O)N(C)CC(=O)N(C)[C@@H](C)C(=O)O[C@@H]2CCl)c(N)c1=O. The average Bonchev–Trinajstić information content (AvgIpc) is 0.932. The molecular formula is C61H83ClN12O18. The normalized spacial score (nSPS) is 28.3. The van der Waals surface area contributed by atoms with Crippen LogP contribution in [0.2, 0.25) is 0 Å². The number of alkyl halides is 1. The Morgan fingerprint density at radius 2 is 1.29 bits per heavy atom. The molecule has 0 bridgehead atoms. The molecule has 31 heteroatoms. The quantitative estimate of drug-likeness (QED) is 0.0593. The lowest BCUT2D eigenvalue weighted by Crippen LogP contribution is -2.62. The van der Waals surface area contributed by atoms with Crippen LogP contribution in [0.15, 0.2) is 21.3 Å². The van der Waals surface area contributed by atoms with Crippen LogP contribution in [0.5, 0.6) is 0 Å². The van der Waals surface area contributed by atoms with E-state index in [4.69, 9.17) is 36.2 Å². The maximum atomic E-state index is 15.2. The van der Waals surface area contributed by atoms with E-state index >= 15 is 9.59 Å². The molecule has 502 valence electrons. The molecule has 4 fully saturated rings. The number of nitrogen functional groups attached to an aromatic ring is 1. The van der Waals surface area contributed by atoms with Gasteiger partial charge in [-0.3, -0.25) is 52.7 Å². The van der Waals surface area contributed by atoms with E-state index in [1.807, 2.05) is 0 Å². The molecule has 6 aliphatic rings. The summed E-state index contributed by atoms with van der Waals surface area (Å²) < 4.78 is 18.1. The first-order valence-electron chi connectivity index (χ1n) is 30.3. The molecule has 4 saturated heterocycles. The number of ether oxygens (including phenoxy) is 2. The van der Waals surface area contributed by atoms with Crippen LogP contribution in [-0.4, -0.2) is 248 Å². The number of likely N-dealkylation sites (N-methyl/N-ethyl adjacent to an activating group) is 4. The Hall–Kier alpha value is -8.51. The second kappa shape index (κ2) is 28.2. The lowest BCUT2D eigenvalue weighted by atomic mass is 9.98. The number of hydrogen-bond donors (Lipinski definition) is 7. The topological polar surface area (TPSA) is 400 Å². The van der Waals surface area contributed by atoms with Crippen LogP contribution in [-0.2, 0) is 57.4 Å². The first kappa shape index (κ1) is 70.9. The largest absolute Gasteiger partial charge is 0.458 e. The van der Waals surface area contributed by atoms with Crippen LogP contribution < -0.4 is 32.4 Å². The van der Waals surface area contributed by atoms with E-state index in [0.717, 1.165) is 24.5 Å². The lowest BCUT2D eigenvalue weighted by Gasteiger charge is -2.37. The number of aliphatic hydroxyl groups is 2. The van der Waals surface area contributed by atoms with Gasteiger partial charge in [0.2, 0.25) is 52.7 Å². The Kier molecular flexibility index (Phi) is 21.7. The summed E-state index contributed by atoms with van der Waals surface area (Å²) in [6.07, 6.45) is -6.18.